The lowest BCUT2D eigenvalue weighted by Gasteiger charge is -2.27. The van der Waals surface area contributed by atoms with Gasteiger partial charge in [-0.25, -0.2) is 0 Å². The first-order valence-electron chi connectivity index (χ1n) is 5.28. The number of carbonyl (C=O) groups is 2. The average Bonchev–Trinajstić information content (AvgIpc) is 2.13. The standard InChI is InChI=1S/C10H20N2O3/c1-3-5-12(6-4-2)8(10(11)15)7-9(13)14/h8H,3-7H2,1-2H3,(H2,11,15)(H,13,14). The van der Waals surface area contributed by atoms with E-state index in [9.17, 15) is 9.59 Å². The predicted molar refractivity (Wildman–Crippen MR) is 57.4 cm³/mol. The van der Waals surface area contributed by atoms with E-state index < -0.39 is 17.9 Å². The summed E-state index contributed by atoms with van der Waals surface area (Å²) in [5.41, 5.74) is 5.20. The molecule has 0 rings (SSSR count). The van der Waals surface area contributed by atoms with Gasteiger partial charge in [0.25, 0.3) is 0 Å². The van der Waals surface area contributed by atoms with Gasteiger partial charge in [-0.2, -0.15) is 0 Å². The van der Waals surface area contributed by atoms with Crippen molar-refractivity contribution < 1.29 is 14.7 Å². The van der Waals surface area contributed by atoms with E-state index in [-0.39, 0.29) is 6.42 Å². The van der Waals surface area contributed by atoms with Crippen molar-refractivity contribution in [1.29, 1.82) is 0 Å². The molecule has 88 valence electrons. The lowest BCUT2D eigenvalue weighted by Crippen LogP contribution is -2.46. The Kier molecular flexibility index (Phi) is 6.70. The van der Waals surface area contributed by atoms with Gasteiger partial charge in [0.05, 0.1) is 12.5 Å². The van der Waals surface area contributed by atoms with Crippen LogP contribution < -0.4 is 5.73 Å². The van der Waals surface area contributed by atoms with Crippen LogP contribution in [-0.2, 0) is 9.59 Å². The first-order chi connectivity index (χ1) is 7.02. The van der Waals surface area contributed by atoms with E-state index in [0.29, 0.717) is 13.1 Å². The van der Waals surface area contributed by atoms with Crippen molar-refractivity contribution in [2.45, 2.75) is 39.2 Å². The number of carboxylic acids is 1. The summed E-state index contributed by atoms with van der Waals surface area (Å²) < 4.78 is 0. The van der Waals surface area contributed by atoms with E-state index in [4.69, 9.17) is 10.8 Å². The molecule has 0 aliphatic carbocycles. The van der Waals surface area contributed by atoms with Crippen LogP contribution in [0.4, 0.5) is 0 Å². The van der Waals surface area contributed by atoms with Crippen molar-refractivity contribution in [3.63, 3.8) is 0 Å². The van der Waals surface area contributed by atoms with Gasteiger partial charge >= 0.3 is 5.97 Å². The summed E-state index contributed by atoms with van der Waals surface area (Å²) in [6.45, 7) is 5.38. The second-order valence-corrected chi connectivity index (χ2v) is 3.55. The summed E-state index contributed by atoms with van der Waals surface area (Å²) in [6, 6.07) is -0.678. The van der Waals surface area contributed by atoms with Gasteiger partial charge in [-0.05, 0) is 25.9 Å². The molecule has 5 heteroatoms. The highest BCUT2D eigenvalue weighted by Gasteiger charge is 2.25. The summed E-state index contributed by atoms with van der Waals surface area (Å²) >= 11 is 0. The zero-order chi connectivity index (χ0) is 11.8. The Bertz CT molecular complexity index is 213. The van der Waals surface area contributed by atoms with Crippen LogP contribution in [0.1, 0.15) is 33.1 Å². The molecule has 0 radical (unpaired) electrons. The van der Waals surface area contributed by atoms with Crippen LogP contribution in [0.3, 0.4) is 0 Å². The van der Waals surface area contributed by atoms with Crippen LogP contribution >= 0.6 is 0 Å². The van der Waals surface area contributed by atoms with Crippen molar-refractivity contribution in [2.75, 3.05) is 13.1 Å². The highest BCUT2D eigenvalue weighted by Crippen LogP contribution is 2.06. The second-order valence-electron chi connectivity index (χ2n) is 3.55. The van der Waals surface area contributed by atoms with Crippen molar-refractivity contribution in [1.82, 2.24) is 4.90 Å². The number of primary amides is 1. The molecule has 1 unspecified atom stereocenters. The summed E-state index contributed by atoms with van der Waals surface area (Å²) in [7, 11) is 0. The maximum absolute atomic E-state index is 11.1. The van der Waals surface area contributed by atoms with Crippen LogP contribution in [-0.4, -0.2) is 41.0 Å². The van der Waals surface area contributed by atoms with Crippen molar-refractivity contribution in [3.05, 3.63) is 0 Å². The van der Waals surface area contributed by atoms with E-state index in [1.165, 1.54) is 0 Å². The molecule has 0 saturated heterocycles. The Morgan fingerprint density at radius 1 is 1.27 bits per heavy atom. The number of hydrogen-bond donors (Lipinski definition) is 2. The number of nitrogens with zero attached hydrogens (tertiary/aromatic N) is 1. The Balaban J connectivity index is 4.50. The van der Waals surface area contributed by atoms with Gasteiger partial charge in [0.2, 0.25) is 5.91 Å². The Labute approximate surface area is 90.2 Å². The molecule has 0 aromatic rings. The monoisotopic (exact) mass is 216 g/mol. The average molecular weight is 216 g/mol. The molecule has 0 bridgehead atoms. The highest BCUT2D eigenvalue weighted by molar-refractivity contribution is 5.84. The van der Waals surface area contributed by atoms with Gasteiger partial charge in [0.1, 0.15) is 0 Å². The summed E-state index contributed by atoms with van der Waals surface area (Å²) in [5, 5.41) is 8.68. The van der Waals surface area contributed by atoms with Crippen LogP contribution in [0.15, 0.2) is 0 Å². The maximum atomic E-state index is 11.1. The number of nitrogens with two attached hydrogens (primary N) is 1. The number of rotatable bonds is 8. The van der Waals surface area contributed by atoms with Crippen LogP contribution in [0, 0.1) is 0 Å². The summed E-state index contributed by atoms with van der Waals surface area (Å²) in [4.78, 5) is 23.6. The zero-order valence-electron chi connectivity index (χ0n) is 9.40. The van der Waals surface area contributed by atoms with Crippen LogP contribution in [0.5, 0.6) is 0 Å². The molecule has 0 spiro atoms. The first-order valence-corrected chi connectivity index (χ1v) is 5.28. The molecule has 1 amide bonds. The molecule has 0 aromatic carbocycles. The molecular weight excluding hydrogens is 196 g/mol. The number of aliphatic carboxylic acids is 1. The van der Waals surface area contributed by atoms with E-state index in [1.54, 1.807) is 0 Å². The number of hydrogen-bond acceptors (Lipinski definition) is 3. The van der Waals surface area contributed by atoms with Crippen LogP contribution in [0.2, 0.25) is 0 Å². The third-order valence-corrected chi connectivity index (χ3v) is 2.16. The fourth-order valence-electron chi connectivity index (χ4n) is 1.57. The molecule has 0 aromatic heterocycles. The van der Waals surface area contributed by atoms with E-state index in [0.717, 1.165) is 12.8 Å². The van der Waals surface area contributed by atoms with E-state index >= 15 is 0 Å². The highest BCUT2D eigenvalue weighted by atomic mass is 16.4. The number of amides is 1. The fourth-order valence-corrected chi connectivity index (χ4v) is 1.57. The molecule has 0 aliphatic rings. The molecule has 0 fully saturated rings. The van der Waals surface area contributed by atoms with Gasteiger partial charge in [0.15, 0.2) is 0 Å². The second kappa shape index (κ2) is 7.23. The summed E-state index contributed by atoms with van der Waals surface area (Å²) in [5.74, 6) is -1.55. The Hall–Kier alpha value is -1.10. The third kappa shape index (κ3) is 5.37. The minimum atomic E-state index is -0.990. The molecule has 1 atom stereocenters. The van der Waals surface area contributed by atoms with Crippen molar-refractivity contribution in [2.24, 2.45) is 5.73 Å². The van der Waals surface area contributed by atoms with Crippen molar-refractivity contribution in [3.8, 4) is 0 Å². The van der Waals surface area contributed by atoms with Crippen LogP contribution in [0.25, 0.3) is 0 Å². The maximum Gasteiger partial charge on any atom is 0.305 e. The molecule has 0 heterocycles. The molecule has 15 heavy (non-hydrogen) atoms. The van der Waals surface area contributed by atoms with Gasteiger partial charge < -0.3 is 10.8 Å². The number of carboxylic acid groups (broad SMARTS) is 1. The van der Waals surface area contributed by atoms with Gasteiger partial charge in [-0.1, -0.05) is 13.8 Å². The van der Waals surface area contributed by atoms with Gasteiger partial charge in [-0.3, -0.25) is 14.5 Å². The molecule has 0 aliphatic heterocycles. The van der Waals surface area contributed by atoms with Gasteiger partial charge in [-0.15, -0.1) is 0 Å². The Morgan fingerprint density at radius 2 is 1.73 bits per heavy atom. The van der Waals surface area contributed by atoms with E-state index in [1.807, 2.05) is 18.7 Å². The molecule has 5 nitrogen and oxygen atoms in total. The van der Waals surface area contributed by atoms with Gasteiger partial charge in [0, 0.05) is 0 Å². The fraction of sp³-hybridized carbons (Fsp3) is 0.800. The van der Waals surface area contributed by atoms with Crippen molar-refractivity contribution >= 4 is 11.9 Å². The normalized spacial score (nSPS) is 12.7. The third-order valence-electron chi connectivity index (χ3n) is 2.16. The van der Waals surface area contributed by atoms with E-state index in [2.05, 4.69) is 0 Å². The SMILES string of the molecule is CCCN(CCC)C(CC(=O)O)C(N)=O. The molecular formula is C10H20N2O3. The largest absolute Gasteiger partial charge is 0.481 e. The Morgan fingerprint density at radius 3 is 2.00 bits per heavy atom. The molecule has 0 saturated carbocycles. The number of carbonyl (C=O) groups excluding carboxylic acids is 1. The smallest absolute Gasteiger partial charge is 0.305 e. The predicted octanol–water partition coefficient (Wildman–Crippen LogP) is 0.437. The molecule has 3 N–H and O–H groups in total. The quantitative estimate of drug-likeness (QED) is 0.616. The first kappa shape index (κ1) is 13.9. The zero-order valence-corrected chi connectivity index (χ0v) is 9.40. The summed E-state index contributed by atoms with van der Waals surface area (Å²) in [6.07, 6.45) is 1.54. The lowest BCUT2D eigenvalue weighted by molar-refractivity contribution is -0.141. The topological polar surface area (TPSA) is 83.6 Å². The lowest BCUT2D eigenvalue weighted by atomic mass is 10.1. The minimum absolute atomic E-state index is 0.213. The minimum Gasteiger partial charge on any atom is -0.481 e.